The average Bonchev–Trinajstić information content (AvgIpc) is 2.23. The monoisotopic (exact) mass is 271 g/mol. The Morgan fingerprint density at radius 2 is 2.07 bits per heavy atom. The fraction of sp³-hybridized carbons (Fsp3) is 0.500. The summed E-state index contributed by atoms with van der Waals surface area (Å²) >= 11 is 3.57. The highest BCUT2D eigenvalue weighted by Crippen LogP contribution is 2.32. The van der Waals surface area contributed by atoms with E-state index in [-0.39, 0.29) is 0 Å². The molecule has 1 rings (SSSR count). The molecule has 1 aromatic rings. The maximum absolute atomic E-state index is 5.30. The van der Waals surface area contributed by atoms with Crippen molar-refractivity contribution >= 4 is 15.9 Å². The first kappa shape index (κ1) is 12.5. The molecule has 0 heterocycles. The third-order valence-electron chi connectivity index (χ3n) is 2.67. The van der Waals surface area contributed by atoms with Crippen molar-refractivity contribution < 1.29 is 4.74 Å². The smallest absolute Gasteiger partial charge is 0.133 e. The topological polar surface area (TPSA) is 21.3 Å². The third kappa shape index (κ3) is 2.73. The predicted octanol–water partition coefficient (Wildman–Crippen LogP) is 2.84. The maximum Gasteiger partial charge on any atom is 0.133 e. The average molecular weight is 272 g/mol. The number of rotatable bonds is 4. The second-order valence-corrected chi connectivity index (χ2v) is 4.46. The Morgan fingerprint density at radius 3 is 2.60 bits per heavy atom. The zero-order valence-electron chi connectivity index (χ0n) is 9.78. The number of likely N-dealkylation sites (N-methyl/N-ethyl adjacent to an activating group) is 1. The number of benzene rings is 1. The number of hydrogen-bond acceptors (Lipinski definition) is 2. The first-order valence-electron chi connectivity index (χ1n) is 5.09. The summed E-state index contributed by atoms with van der Waals surface area (Å²) in [5, 5.41) is 3.17. The molecule has 3 heteroatoms. The van der Waals surface area contributed by atoms with E-state index in [9.17, 15) is 0 Å². The van der Waals surface area contributed by atoms with Gasteiger partial charge in [0.15, 0.2) is 0 Å². The van der Waals surface area contributed by atoms with Gasteiger partial charge in [0, 0.05) is 0 Å². The summed E-state index contributed by atoms with van der Waals surface area (Å²) in [6.07, 6.45) is 1.05. The van der Waals surface area contributed by atoms with Crippen LogP contribution in [0.1, 0.15) is 16.7 Å². The Hall–Kier alpha value is -0.540. The number of halogens is 1. The number of nitrogens with one attached hydrogen (secondary N) is 1. The normalized spacial score (nSPS) is 10.5. The van der Waals surface area contributed by atoms with Gasteiger partial charge in [0.1, 0.15) is 5.75 Å². The van der Waals surface area contributed by atoms with Crippen LogP contribution in [-0.4, -0.2) is 20.7 Å². The molecule has 0 aromatic heterocycles. The highest BCUT2D eigenvalue weighted by atomic mass is 79.9. The van der Waals surface area contributed by atoms with E-state index in [2.05, 4.69) is 41.2 Å². The summed E-state index contributed by atoms with van der Waals surface area (Å²) < 4.78 is 6.37. The van der Waals surface area contributed by atoms with Gasteiger partial charge in [0.2, 0.25) is 0 Å². The molecule has 1 aromatic carbocycles. The van der Waals surface area contributed by atoms with E-state index in [0.29, 0.717) is 0 Å². The van der Waals surface area contributed by atoms with Crippen LogP contribution in [0.2, 0.25) is 0 Å². The van der Waals surface area contributed by atoms with Crippen molar-refractivity contribution in [2.45, 2.75) is 20.3 Å². The van der Waals surface area contributed by atoms with Gasteiger partial charge >= 0.3 is 0 Å². The van der Waals surface area contributed by atoms with Crippen LogP contribution in [0.15, 0.2) is 10.5 Å². The molecule has 0 atom stereocenters. The van der Waals surface area contributed by atoms with Crippen molar-refractivity contribution in [1.29, 1.82) is 0 Å². The SMILES string of the molecule is CNCCc1c(C)cc(OC)c(Br)c1C. The molecule has 0 saturated carbocycles. The first-order chi connectivity index (χ1) is 7.11. The van der Waals surface area contributed by atoms with E-state index in [1.807, 2.05) is 7.05 Å². The van der Waals surface area contributed by atoms with Gasteiger partial charge in [0.05, 0.1) is 11.6 Å². The van der Waals surface area contributed by atoms with E-state index >= 15 is 0 Å². The van der Waals surface area contributed by atoms with Crippen molar-refractivity contribution in [1.82, 2.24) is 5.32 Å². The van der Waals surface area contributed by atoms with E-state index in [0.717, 1.165) is 23.2 Å². The van der Waals surface area contributed by atoms with Crippen LogP contribution in [-0.2, 0) is 6.42 Å². The van der Waals surface area contributed by atoms with Crippen LogP contribution in [0.25, 0.3) is 0 Å². The van der Waals surface area contributed by atoms with Crippen LogP contribution >= 0.6 is 15.9 Å². The lowest BCUT2D eigenvalue weighted by atomic mass is 9.99. The molecule has 0 saturated heterocycles. The van der Waals surface area contributed by atoms with Gasteiger partial charge in [-0.05, 0) is 72.5 Å². The Morgan fingerprint density at radius 1 is 1.40 bits per heavy atom. The molecule has 0 radical (unpaired) electrons. The largest absolute Gasteiger partial charge is 0.496 e. The van der Waals surface area contributed by atoms with E-state index in [1.54, 1.807) is 7.11 Å². The highest BCUT2D eigenvalue weighted by molar-refractivity contribution is 9.10. The molecule has 0 unspecified atom stereocenters. The molecular weight excluding hydrogens is 254 g/mol. The molecule has 0 fully saturated rings. The summed E-state index contributed by atoms with van der Waals surface area (Å²) in [6.45, 7) is 5.26. The molecule has 0 aliphatic rings. The van der Waals surface area contributed by atoms with Crippen molar-refractivity contribution in [3.05, 3.63) is 27.2 Å². The lowest BCUT2D eigenvalue weighted by Gasteiger charge is -2.14. The summed E-state index contributed by atoms with van der Waals surface area (Å²) in [7, 11) is 3.68. The van der Waals surface area contributed by atoms with Crippen molar-refractivity contribution in [2.24, 2.45) is 0 Å². The Kier molecular flexibility index (Phi) is 4.61. The van der Waals surface area contributed by atoms with E-state index in [4.69, 9.17) is 4.74 Å². The van der Waals surface area contributed by atoms with Gasteiger partial charge in [-0.25, -0.2) is 0 Å². The molecule has 1 N–H and O–H groups in total. The Balaban J connectivity index is 3.11. The van der Waals surface area contributed by atoms with Crippen LogP contribution < -0.4 is 10.1 Å². The van der Waals surface area contributed by atoms with E-state index < -0.39 is 0 Å². The third-order valence-corrected chi connectivity index (χ3v) is 3.65. The van der Waals surface area contributed by atoms with Crippen molar-refractivity contribution in [3.63, 3.8) is 0 Å². The fourth-order valence-electron chi connectivity index (χ4n) is 1.74. The van der Waals surface area contributed by atoms with Crippen molar-refractivity contribution in [2.75, 3.05) is 20.7 Å². The zero-order chi connectivity index (χ0) is 11.4. The van der Waals surface area contributed by atoms with Gasteiger partial charge in [-0.2, -0.15) is 0 Å². The van der Waals surface area contributed by atoms with Gasteiger partial charge in [-0.15, -0.1) is 0 Å². The molecule has 84 valence electrons. The molecule has 0 amide bonds. The summed E-state index contributed by atoms with van der Waals surface area (Å²) in [4.78, 5) is 0. The van der Waals surface area contributed by atoms with Crippen LogP contribution in [0, 0.1) is 13.8 Å². The minimum atomic E-state index is 0.915. The first-order valence-corrected chi connectivity index (χ1v) is 5.88. The lowest BCUT2D eigenvalue weighted by molar-refractivity contribution is 0.411. The number of methoxy groups -OCH3 is 1. The van der Waals surface area contributed by atoms with Gasteiger partial charge in [-0.3, -0.25) is 0 Å². The summed E-state index contributed by atoms with van der Waals surface area (Å²) in [5.41, 5.74) is 3.97. The second-order valence-electron chi connectivity index (χ2n) is 3.67. The predicted molar refractivity (Wildman–Crippen MR) is 67.8 cm³/mol. The highest BCUT2D eigenvalue weighted by Gasteiger charge is 2.10. The lowest BCUT2D eigenvalue weighted by Crippen LogP contribution is -2.12. The fourth-order valence-corrected chi connectivity index (χ4v) is 2.26. The number of ether oxygens (including phenoxy) is 1. The van der Waals surface area contributed by atoms with Gasteiger partial charge in [0.25, 0.3) is 0 Å². The Bertz CT molecular complexity index is 350. The van der Waals surface area contributed by atoms with Crippen molar-refractivity contribution in [3.8, 4) is 5.75 Å². The maximum atomic E-state index is 5.30. The summed E-state index contributed by atoms with van der Waals surface area (Å²) in [5.74, 6) is 0.915. The molecule has 0 aliphatic carbocycles. The number of aryl methyl sites for hydroxylation is 1. The molecule has 15 heavy (non-hydrogen) atoms. The molecular formula is C12H18BrNO. The standard InChI is InChI=1S/C12H18BrNO/c1-8-7-11(15-4)12(13)9(2)10(8)5-6-14-3/h7,14H,5-6H2,1-4H3. The molecule has 2 nitrogen and oxygen atoms in total. The minimum absolute atomic E-state index is 0.915. The number of hydrogen-bond donors (Lipinski definition) is 1. The molecule has 0 aliphatic heterocycles. The van der Waals surface area contributed by atoms with E-state index in [1.165, 1.54) is 16.7 Å². The second kappa shape index (κ2) is 5.52. The zero-order valence-corrected chi connectivity index (χ0v) is 11.4. The van der Waals surface area contributed by atoms with Gasteiger partial charge in [-0.1, -0.05) is 0 Å². The summed E-state index contributed by atoms with van der Waals surface area (Å²) in [6, 6.07) is 2.09. The Labute approximate surface area is 100 Å². The minimum Gasteiger partial charge on any atom is -0.496 e. The van der Waals surface area contributed by atoms with Crippen LogP contribution in [0.4, 0.5) is 0 Å². The van der Waals surface area contributed by atoms with Crippen LogP contribution in [0.3, 0.4) is 0 Å². The van der Waals surface area contributed by atoms with Crippen LogP contribution in [0.5, 0.6) is 5.75 Å². The molecule has 0 spiro atoms. The van der Waals surface area contributed by atoms with Gasteiger partial charge < -0.3 is 10.1 Å². The quantitative estimate of drug-likeness (QED) is 0.910. The molecule has 0 bridgehead atoms.